The van der Waals surface area contributed by atoms with E-state index in [1.807, 2.05) is 0 Å². The fraction of sp³-hybridized carbons (Fsp3) is 1.00. The van der Waals surface area contributed by atoms with Gasteiger partial charge in [0.05, 0.1) is 0 Å². The van der Waals surface area contributed by atoms with E-state index in [1.54, 1.807) is 0 Å². The molecule has 2 aliphatic heterocycles. The zero-order valence-corrected chi connectivity index (χ0v) is 14.0. The first kappa shape index (κ1) is 16.3. The van der Waals surface area contributed by atoms with Crippen molar-refractivity contribution in [2.24, 2.45) is 5.92 Å². The second-order valence-corrected chi connectivity index (χ2v) is 7.08. The largest absolute Gasteiger partial charge is 0.314 e. The zero-order chi connectivity index (χ0) is 14.4. The molecule has 3 atom stereocenters. The van der Waals surface area contributed by atoms with E-state index in [0.29, 0.717) is 0 Å². The van der Waals surface area contributed by atoms with Gasteiger partial charge in [0, 0.05) is 24.7 Å². The van der Waals surface area contributed by atoms with E-state index in [1.165, 1.54) is 64.3 Å². The molecule has 2 heterocycles. The molecular weight excluding hydrogens is 244 g/mol. The molecule has 0 amide bonds. The summed E-state index contributed by atoms with van der Waals surface area (Å²) >= 11 is 0. The molecule has 20 heavy (non-hydrogen) atoms. The fourth-order valence-corrected chi connectivity index (χ4v) is 4.45. The summed E-state index contributed by atoms with van der Waals surface area (Å²) in [5.41, 5.74) is 0. The summed E-state index contributed by atoms with van der Waals surface area (Å²) < 4.78 is 0. The van der Waals surface area contributed by atoms with Crippen LogP contribution in [0.4, 0.5) is 0 Å². The standard InChI is InChI=1S/C18H36N2/c1-4-7-9-15(5-2)14-20-17-10-8-11-18(20)13-16(12-17)19-6-3/h15-19H,4-14H2,1-3H3. The molecule has 0 spiro atoms. The molecule has 1 N–H and O–H groups in total. The molecule has 2 heteroatoms. The maximum Gasteiger partial charge on any atom is 0.0113 e. The van der Waals surface area contributed by atoms with Crippen LogP contribution in [0.25, 0.3) is 0 Å². The van der Waals surface area contributed by atoms with Gasteiger partial charge >= 0.3 is 0 Å². The van der Waals surface area contributed by atoms with Crippen molar-refractivity contribution >= 4 is 0 Å². The summed E-state index contributed by atoms with van der Waals surface area (Å²) in [5, 5.41) is 3.71. The number of nitrogens with zero attached hydrogens (tertiary/aromatic N) is 1. The molecule has 2 aliphatic rings. The van der Waals surface area contributed by atoms with Gasteiger partial charge in [-0.3, -0.25) is 4.90 Å². The Bertz CT molecular complexity index is 252. The third kappa shape index (κ3) is 4.21. The third-order valence-electron chi connectivity index (χ3n) is 5.63. The molecule has 0 radical (unpaired) electrons. The number of piperidine rings is 2. The van der Waals surface area contributed by atoms with Crippen LogP contribution in [0.5, 0.6) is 0 Å². The number of rotatable bonds is 8. The molecular formula is C18H36N2. The Morgan fingerprint density at radius 1 is 1.10 bits per heavy atom. The Balaban J connectivity index is 1.90. The SMILES string of the molecule is CCCCC(CC)CN1C2CCCC1CC(NCC)C2. The summed E-state index contributed by atoms with van der Waals surface area (Å²) in [6, 6.07) is 2.55. The summed E-state index contributed by atoms with van der Waals surface area (Å²) in [6.07, 6.45) is 12.7. The Morgan fingerprint density at radius 2 is 1.80 bits per heavy atom. The van der Waals surface area contributed by atoms with Gasteiger partial charge in [-0.25, -0.2) is 0 Å². The molecule has 0 aromatic carbocycles. The van der Waals surface area contributed by atoms with Gasteiger partial charge in [-0.1, -0.05) is 46.5 Å². The Hall–Kier alpha value is -0.0800. The number of fused-ring (bicyclic) bond motifs is 2. The third-order valence-corrected chi connectivity index (χ3v) is 5.63. The molecule has 2 saturated heterocycles. The average molecular weight is 280 g/mol. The minimum atomic E-state index is 0.794. The fourth-order valence-electron chi connectivity index (χ4n) is 4.45. The van der Waals surface area contributed by atoms with Crippen LogP contribution in [0.15, 0.2) is 0 Å². The van der Waals surface area contributed by atoms with Crippen LogP contribution in [0.1, 0.15) is 78.6 Å². The quantitative estimate of drug-likeness (QED) is 0.717. The van der Waals surface area contributed by atoms with Crippen molar-refractivity contribution in [2.75, 3.05) is 13.1 Å². The lowest BCUT2D eigenvalue weighted by Gasteiger charge is -2.50. The topological polar surface area (TPSA) is 15.3 Å². The highest BCUT2D eigenvalue weighted by Gasteiger charge is 2.38. The first-order chi connectivity index (χ1) is 9.78. The second-order valence-electron chi connectivity index (χ2n) is 7.08. The van der Waals surface area contributed by atoms with E-state index in [9.17, 15) is 0 Å². The molecule has 2 bridgehead atoms. The molecule has 3 unspecified atom stereocenters. The smallest absolute Gasteiger partial charge is 0.0113 e. The van der Waals surface area contributed by atoms with Gasteiger partial charge in [0.15, 0.2) is 0 Å². The lowest BCUT2D eigenvalue weighted by atomic mass is 9.80. The highest BCUT2D eigenvalue weighted by atomic mass is 15.2. The molecule has 118 valence electrons. The molecule has 0 aromatic rings. The number of hydrogen-bond donors (Lipinski definition) is 1. The van der Waals surface area contributed by atoms with Crippen molar-refractivity contribution < 1.29 is 0 Å². The van der Waals surface area contributed by atoms with Crippen molar-refractivity contribution in [1.29, 1.82) is 0 Å². The van der Waals surface area contributed by atoms with Gasteiger partial charge in [0.25, 0.3) is 0 Å². The lowest BCUT2D eigenvalue weighted by Crippen LogP contribution is -2.57. The van der Waals surface area contributed by atoms with Crippen LogP contribution < -0.4 is 5.32 Å². The van der Waals surface area contributed by atoms with Gasteiger partial charge in [-0.05, 0) is 44.6 Å². The molecule has 2 nitrogen and oxygen atoms in total. The molecule has 0 aliphatic carbocycles. The Labute approximate surface area is 126 Å². The van der Waals surface area contributed by atoms with Gasteiger partial charge in [-0.15, -0.1) is 0 Å². The zero-order valence-electron chi connectivity index (χ0n) is 14.0. The summed E-state index contributed by atoms with van der Waals surface area (Å²) in [7, 11) is 0. The normalized spacial score (nSPS) is 32.2. The maximum atomic E-state index is 3.71. The predicted octanol–water partition coefficient (Wildman–Crippen LogP) is 4.20. The van der Waals surface area contributed by atoms with Crippen LogP contribution in [-0.2, 0) is 0 Å². The van der Waals surface area contributed by atoms with Crippen LogP contribution in [0, 0.1) is 5.92 Å². The number of nitrogens with one attached hydrogen (secondary N) is 1. The van der Waals surface area contributed by atoms with Gasteiger partial charge in [0.1, 0.15) is 0 Å². The van der Waals surface area contributed by atoms with E-state index < -0.39 is 0 Å². The predicted molar refractivity (Wildman–Crippen MR) is 88.1 cm³/mol. The van der Waals surface area contributed by atoms with Crippen LogP contribution in [0.2, 0.25) is 0 Å². The van der Waals surface area contributed by atoms with Gasteiger partial charge in [-0.2, -0.15) is 0 Å². The van der Waals surface area contributed by atoms with Crippen molar-refractivity contribution in [2.45, 2.75) is 96.7 Å². The van der Waals surface area contributed by atoms with Crippen LogP contribution >= 0.6 is 0 Å². The minimum Gasteiger partial charge on any atom is -0.314 e. The van der Waals surface area contributed by atoms with Crippen molar-refractivity contribution in [3.8, 4) is 0 Å². The van der Waals surface area contributed by atoms with Gasteiger partial charge < -0.3 is 5.32 Å². The highest BCUT2D eigenvalue weighted by Crippen LogP contribution is 2.35. The molecule has 2 fully saturated rings. The first-order valence-corrected chi connectivity index (χ1v) is 9.27. The average Bonchev–Trinajstić information content (AvgIpc) is 2.44. The van der Waals surface area contributed by atoms with Crippen LogP contribution in [-0.4, -0.2) is 36.1 Å². The molecule has 0 aromatic heterocycles. The van der Waals surface area contributed by atoms with E-state index in [2.05, 4.69) is 31.0 Å². The van der Waals surface area contributed by atoms with E-state index >= 15 is 0 Å². The molecule has 0 saturated carbocycles. The van der Waals surface area contributed by atoms with Crippen molar-refractivity contribution in [1.82, 2.24) is 10.2 Å². The second kappa shape index (κ2) is 8.38. The molecule has 2 rings (SSSR count). The monoisotopic (exact) mass is 280 g/mol. The number of unbranched alkanes of at least 4 members (excludes halogenated alkanes) is 1. The number of hydrogen-bond acceptors (Lipinski definition) is 2. The maximum absolute atomic E-state index is 3.71. The van der Waals surface area contributed by atoms with E-state index in [4.69, 9.17) is 0 Å². The Kier molecular flexibility index (Phi) is 6.83. The minimum absolute atomic E-state index is 0.794. The van der Waals surface area contributed by atoms with Crippen molar-refractivity contribution in [3.05, 3.63) is 0 Å². The van der Waals surface area contributed by atoms with Crippen molar-refractivity contribution in [3.63, 3.8) is 0 Å². The Morgan fingerprint density at radius 3 is 2.35 bits per heavy atom. The van der Waals surface area contributed by atoms with E-state index in [0.717, 1.165) is 30.6 Å². The first-order valence-electron chi connectivity index (χ1n) is 9.27. The van der Waals surface area contributed by atoms with E-state index in [-0.39, 0.29) is 0 Å². The lowest BCUT2D eigenvalue weighted by molar-refractivity contribution is 0.0108. The van der Waals surface area contributed by atoms with Crippen LogP contribution in [0.3, 0.4) is 0 Å². The van der Waals surface area contributed by atoms with Gasteiger partial charge in [0.2, 0.25) is 0 Å². The highest BCUT2D eigenvalue weighted by molar-refractivity contribution is 4.95. The summed E-state index contributed by atoms with van der Waals surface area (Å²) in [4.78, 5) is 2.92. The summed E-state index contributed by atoms with van der Waals surface area (Å²) in [6.45, 7) is 9.48. The summed E-state index contributed by atoms with van der Waals surface area (Å²) in [5.74, 6) is 0.939.